The quantitative estimate of drug-likeness (QED) is 0.370. The minimum absolute atomic E-state index is 0.0253. The molecule has 1 amide bonds. The van der Waals surface area contributed by atoms with Gasteiger partial charge < -0.3 is 10.1 Å². The number of nitrogens with one attached hydrogen (secondary N) is 2. The normalized spacial score (nSPS) is 11.1. The maximum Gasteiger partial charge on any atom is 0.262 e. The summed E-state index contributed by atoms with van der Waals surface area (Å²) in [6, 6.07) is 21.1. The second kappa shape index (κ2) is 10.4. The van der Waals surface area contributed by atoms with Crippen molar-refractivity contribution in [2.24, 2.45) is 0 Å². The van der Waals surface area contributed by atoms with Crippen LogP contribution in [0.15, 0.2) is 90.1 Å². The van der Waals surface area contributed by atoms with E-state index in [4.69, 9.17) is 4.74 Å². The Balaban J connectivity index is 1.48. The number of amides is 1. The van der Waals surface area contributed by atoms with E-state index in [0.29, 0.717) is 30.1 Å². The highest BCUT2D eigenvalue weighted by atomic mass is 32.2. The molecule has 4 rings (SSSR count). The van der Waals surface area contributed by atoms with Gasteiger partial charge in [0, 0.05) is 24.5 Å². The van der Waals surface area contributed by atoms with E-state index in [2.05, 4.69) is 15.1 Å². The van der Waals surface area contributed by atoms with Gasteiger partial charge >= 0.3 is 0 Å². The first-order valence-electron chi connectivity index (χ1n) is 11.0. The molecule has 1 heterocycles. The number of hydrogen-bond donors (Lipinski definition) is 2. The van der Waals surface area contributed by atoms with Crippen molar-refractivity contribution in [3.8, 4) is 5.75 Å². The molecule has 0 aliphatic heterocycles. The molecule has 4 aromatic rings. The lowest BCUT2D eigenvalue weighted by atomic mass is 10.1. The topological polar surface area (TPSA) is 102 Å². The van der Waals surface area contributed by atoms with Crippen LogP contribution in [0.4, 0.5) is 5.69 Å². The number of methoxy groups -OCH3 is 1. The number of ether oxygens (including phenoxy) is 1. The fourth-order valence-electron chi connectivity index (χ4n) is 3.66. The molecule has 0 atom stereocenters. The number of carbonyl (C=O) groups excluding carboxylic acids is 1. The van der Waals surface area contributed by atoms with Crippen LogP contribution >= 0.6 is 0 Å². The monoisotopic (exact) mass is 490 g/mol. The largest absolute Gasteiger partial charge is 0.495 e. The van der Waals surface area contributed by atoms with E-state index in [1.807, 2.05) is 41.2 Å². The highest BCUT2D eigenvalue weighted by molar-refractivity contribution is 7.92. The third-order valence-electron chi connectivity index (χ3n) is 5.44. The summed E-state index contributed by atoms with van der Waals surface area (Å²) in [5.41, 5.74) is 3.09. The summed E-state index contributed by atoms with van der Waals surface area (Å²) in [6.45, 7) is 2.62. The smallest absolute Gasteiger partial charge is 0.262 e. The molecule has 1 aromatic heterocycles. The summed E-state index contributed by atoms with van der Waals surface area (Å²) in [6.07, 6.45) is 3.62. The van der Waals surface area contributed by atoms with Gasteiger partial charge in [-0.25, -0.2) is 8.42 Å². The Morgan fingerprint density at radius 3 is 2.57 bits per heavy atom. The Kier molecular flexibility index (Phi) is 7.17. The second-order valence-corrected chi connectivity index (χ2v) is 9.64. The molecule has 0 saturated carbocycles. The van der Waals surface area contributed by atoms with E-state index in [0.717, 1.165) is 11.1 Å². The molecule has 0 fully saturated rings. The van der Waals surface area contributed by atoms with Crippen molar-refractivity contribution < 1.29 is 17.9 Å². The van der Waals surface area contributed by atoms with E-state index in [1.165, 1.54) is 13.2 Å². The van der Waals surface area contributed by atoms with Crippen LogP contribution in [0.3, 0.4) is 0 Å². The van der Waals surface area contributed by atoms with Crippen molar-refractivity contribution in [3.63, 3.8) is 0 Å². The lowest BCUT2D eigenvalue weighted by molar-refractivity contribution is 0.0950. The SMILES string of the molecule is COc1ccccc1NS(=O)(=O)c1cc(C(=O)NCc2cccc(Cn3cccn3)c2)ccc1C. The number of para-hydroxylation sites is 2. The molecular formula is C26H26N4O4S. The fourth-order valence-corrected chi connectivity index (χ4v) is 5.01. The molecule has 0 spiro atoms. The Morgan fingerprint density at radius 2 is 1.80 bits per heavy atom. The summed E-state index contributed by atoms with van der Waals surface area (Å²) in [4.78, 5) is 12.9. The Hall–Kier alpha value is -4.11. The predicted octanol–water partition coefficient (Wildman–Crippen LogP) is 3.98. The average Bonchev–Trinajstić information content (AvgIpc) is 3.36. The Morgan fingerprint density at radius 1 is 1.00 bits per heavy atom. The van der Waals surface area contributed by atoms with E-state index in [-0.39, 0.29) is 16.4 Å². The van der Waals surface area contributed by atoms with Crippen molar-refractivity contribution in [1.29, 1.82) is 0 Å². The number of aromatic nitrogens is 2. The second-order valence-electron chi connectivity index (χ2n) is 7.99. The molecule has 180 valence electrons. The van der Waals surface area contributed by atoms with Gasteiger partial charge in [-0.2, -0.15) is 5.10 Å². The van der Waals surface area contributed by atoms with Crippen LogP contribution in [0.2, 0.25) is 0 Å². The Labute approximate surface area is 204 Å². The highest BCUT2D eigenvalue weighted by Gasteiger charge is 2.21. The minimum Gasteiger partial charge on any atom is -0.495 e. The number of rotatable bonds is 9. The number of benzene rings is 3. The molecule has 9 heteroatoms. The number of sulfonamides is 1. The number of carbonyl (C=O) groups is 1. The zero-order valence-corrected chi connectivity index (χ0v) is 20.2. The van der Waals surface area contributed by atoms with Crippen LogP contribution in [-0.4, -0.2) is 31.2 Å². The highest BCUT2D eigenvalue weighted by Crippen LogP contribution is 2.27. The molecule has 0 saturated heterocycles. The van der Waals surface area contributed by atoms with Gasteiger partial charge in [-0.1, -0.05) is 42.5 Å². The van der Waals surface area contributed by atoms with Crippen molar-refractivity contribution in [2.45, 2.75) is 24.9 Å². The van der Waals surface area contributed by atoms with Gasteiger partial charge in [-0.3, -0.25) is 14.2 Å². The van der Waals surface area contributed by atoms with Crippen LogP contribution in [0.1, 0.15) is 27.0 Å². The van der Waals surface area contributed by atoms with E-state index < -0.39 is 10.0 Å². The van der Waals surface area contributed by atoms with Crippen LogP contribution in [0.5, 0.6) is 5.75 Å². The third kappa shape index (κ3) is 5.88. The number of hydrogen-bond acceptors (Lipinski definition) is 5. The zero-order chi connectivity index (χ0) is 24.8. The zero-order valence-electron chi connectivity index (χ0n) is 19.4. The maximum absolute atomic E-state index is 13.1. The van der Waals surface area contributed by atoms with E-state index in [9.17, 15) is 13.2 Å². The molecule has 0 aliphatic rings. The van der Waals surface area contributed by atoms with Crippen molar-refractivity contribution in [2.75, 3.05) is 11.8 Å². The first kappa shape index (κ1) is 24.0. The van der Waals surface area contributed by atoms with Crippen molar-refractivity contribution >= 4 is 21.6 Å². The average molecular weight is 491 g/mol. The summed E-state index contributed by atoms with van der Waals surface area (Å²) >= 11 is 0. The van der Waals surface area contributed by atoms with Gasteiger partial charge in [0.25, 0.3) is 15.9 Å². The summed E-state index contributed by atoms with van der Waals surface area (Å²) in [5.74, 6) is 0.0358. The molecule has 0 aliphatic carbocycles. The van der Waals surface area contributed by atoms with Gasteiger partial charge in [0.1, 0.15) is 5.75 Å². The minimum atomic E-state index is -3.95. The molecular weight excluding hydrogens is 464 g/mol. The molecule has 0 bridgehead atoms. The van der Waals surface area contributed by atoms with Crippen molar-refractivity contribution in [3.05, 3.63) is 107 Å². The van der Waals surface area contributed by atoms with Crippen LogP contribution in [-0.2, 0) is 23.1 Å². The standard InChI is InChI=1S/C26H26N4O4S/c1-19-11-12-22(16-25(19)35(32,33)29-23-9-3-4-10-24(23)34-2)26(31)27-17-20-7-5-8-21(15-20)18-30-14-6-13-28-30/h3-16,29H,17-18H2,1-2H3,(H,27,31). The number of aryl methyl sites for hydroxylation is 1. The predicted molar refractivity (Wildman–Crippen MR) is 134 cm³/mol. The molecule has 0 unspecified atom stereocenters. The van der Waals surface area contributed by atoms with Crippen LogP contribution in [0, 0.1) is 6.92 Å². The third-order valence-corrected chi connectivity index (χ3v) is 6.95. The molecule has 2 N–H and O–H groups in total. The summed E-state index contributed by atoms with van der Waals surface area (Å²) in [7, 11) is -2.48. The summed E-state index contributed by atoms with van der Waals surface area (Å²) < 4.78 is 35.8. The first-order valence-corrected chi connectivity index (χ1v) is 12.4. The number of nitrogens with zero attached hydrogens (tertiary/aromatic N) is 2. The first-order chi connectivity index (χ1) is 16.9. The van der Waals surface area contributed by atoms with E-state index >= 15 is 0 Å². The molecule has 8 nitrogen and oxygen atoms in total. The lowest BCUT2D eigenvalue weighted by Crippen LogP contribution is -2.24. The maximum atomic E-state index is 13.1. The van der Waals surface area contributed by atoms with Gasteiger partial charge in [0.2, 0.25) is 0 Å². The van der Waals surface area contributed by atoms with Crippen LogP contribution in [0.25, 0.3) is 0 Å². The van der Waals surface area contributed by atoms with Gasteiger partial charge in [-0.15, -0.1) is 0 Å². The fraction of sp³-hybridized carbons (Fsp3) is 0.154. The van der Waals surface area contributed by atoms with E-state index in [1.54, 1.807) is 49.5 Å². The molecule has 3 aromatic carbocycles. The Bertz CT molecular complexity index is 1430. The van der Waals surface area contributed by atoms with Gasteiger partial charge in [-0.05, 0) is 53.9 Å². The summed E-state index contributed by atoms with van der Waals surface area (Å²) in [5, 5.41) is 7.08. The van der Waals surface area contributed by atoms with Gasteiger partial charge in [0.15, 0.2) is 0 Å². The lowest BCUT2D eigenvalue weighted by Gasteiger charge is -2.14. The van der Waals surface area contributed by atoms with Crippen LogP contribution < -0.4 is 14.8 Å². The molecule has 35 heavy (non-hydrogen) atoms. The van der Waals surface area contributed by atoms with Crippen molar-refractivity contribution in [1.82, 2.24) is 15.1 Å². The molecule has 0 radical (unpaired) electrons. The number of anilines is 1. The van der Waals surface area contributed by atoms with Gasteiger partial charge in [0.05, 0.1) is 24.2 Å².